The van der Waals surface area contributed by atoms with Crippen molar-refractivity contribution in [3.63, 3.8) is 0 Å². The van der Waals surface area contributed by atoms with Gasteiger partial charge in [0.25, 0.3) is 5.91 Å². The second-order valence-corrected chi connectivity index (χ2v) is 6.69. The second-order valence-electron chi connectivity index (χ2n) is 6.69. The number of likely N-dealkylation sites (N-methyl/N-ethyl adjacent to an activating group) is 1. The monoisotopic (exact) mass is 397 g/mol. The Morgan fingerprint density at radius 2 is 1.52 bits per heavy atom. The number of benzene rings is 2. The minimum atomic E-state index is -1.16. The maximum absolute atomic E-state index is 13.6. The summed E-state index contributed by atoms with van der Waals surface area (Å²) < 4.78 is 28.9. The van der Waals surface area contributed by atoms with Crippen molar-refractivity contribution in [1.82, 2.24) is 15.2 Å². The van der Waals surface area contributed by atoms with Gasteiger partial charge in [0, 0.05) is 29.7 Å². The Kier molecular flexibility index (Phi) is 5.77. The average Bonchev–Trinajstić information content (AvgIpc) is 3.05. The third-order valence-electron chi connectivity index (χ3n) is 4.72. The molecule has 7 heteroatoms. The third-order valence-corrected chi connectivity index (χ3v) is 4.72. The van der Waals surface area contributed by atoms with Crippen LogP contribution in [0.4, 0.5) is 8.78 Å². The topological polar surface area (TPSA) is 63.1 Å². The second kappa shape index (κ2) is 8.26. The van der Waals surface area contributed by atoms with Crippen molar-refractivity contribution in [2.45, 2.75) is 19.9 Å². The number of carbonyl (C=O) groups excluding carboxylic acids is 2. The van der Waals surface area contributed by atoms with E-state index in [0.29, 0.717) is 5.56 Å². The number of carbonyl (C=O) groups is 2. The molecule has 2 N–H and O–H groups in total. The molecule has 0 spiro atoms. The smallest absolute Gasteiger partial charge is 0.252 e. The van der Waals surface area contributed by atoms with Crippen LogP contribution in [0.3, 0.4) is 0 Å². The van der Waals surface area contributed by atoms with Gasteiger partial charge in [-0.15, -0.1) is 0 Å². The lowest BCUT2D eigenvalue weighted by molar-refractivity contribution is -0.122. The molecule has 5 nitrogen and oxygen atoms in total. The van der Waals surface area contributed by atoms with Gasteiger partial charge in [-0.2, -0.15) is 0 Å². The lowest BCUT2D eigenvalue weighted by atomic mass is 10.0. The number of nitrogens with zero attached hydrogens (tertiary/aromatic N) is 1. The van der Waals surface area contributed by atoms with E-state index in [2.05, 4.69) is 15.2 Å². The molecule has 0 saturated carbocycles. The molecule has 0 saturated heterocycles. The predicted octanol–water partition coefficient (Wildman–Crippen LogP) is 3.59. The molecule has 0 aliphatic carbocycles. The standard InChI is InChI=1S/C22H21F2N3O2/c1-13-4-5-14(2)27(13)17-9-6-15(7-10-17)21(28)26-20(22(29)25-3)16-8-11-18(23)19(24)12-16/h4-12,20H,1-3H3,(H,25,29)(H,26,28). The predicted molar refractivity (Wildman–Crippen MR) is 106 cm³/mol. The number of aryl methyl sites for hydroxylation is 2. The molecule has 0 aliphatic heterocycles. The molecule has 2 aromatic carbocycles. The summed E-state index contributed by atoms with van der Waals surface area (Å²) in [5.74, 6) is -3.16. The van der Waals surface area contributed by atoms with Crippen molar-refractivity contribution in [3.8, 4) is 5.69 Å². The molecule has 0 aliphatic rings. The first-order chi connectivity index (χ1) is 13.8. The first kappa shape index (κ1) is 20.3. The summed E-state index contributed by atoms with van der Waals surface area (Å²) in [6, 6.07) is 12.8. The van der Waals surface area contributed by atoms with Gasteiger partial charge in [-0.3, -0.25) is 9.59 Å². The van der Waals surface area contributed by atoms with Crippen LogP contribution < -0.4 is 10.6 Å². The van der Waals surface area contributed by atoms with Crippen molar-refractivity contribution < 1.29 is 18.4 Å². The van der Waals surface area contributed by atoms with Gasteiger partial charge in [-0.1, -0.05) is 6.07 Å². The van der Waals surface area contributed by atoms with Gasteiger partial charge in [-0.05, 0) is 67.9 Å². The highest BCUT2D eigenvalue weighted by molar-refractivity contribution is 5.98. The molecule has 3 rings (SSSR count). The number of aromatic nitrogens is 1. The van der Waals surface area contributed by atoms with Gasteiger partial charge in [0.1, 0.15) is 6.04 Å². The molecular formula is C22H21F2N3O2. The molecule has 1 atom stereocenters. The first-order valence-electron chi connectivity index (χ1n) is 9.04. The fourth-order valence-corrected chi connectivity index (χ4v) is 3.19. The number of nitrogens with one attached hydrogen (secondary N) is 2. The molecule has 29 heavy (non-hydrogen) atoms. The van der Waals surface area contributed by atoms with Crippen LogP contribution in [0.1, 0.15) is 33.4 Å². The Balaban J connectivity index is 1.84. The van der Waals surface area contributed by atoms with E-state index in [0.717, 1.165) is 29.2 Å². The fraction of sp³-hybridized carbons (Fsp3) is 0.182. The highest BCUT2D eigenvalue weighted by Crippen LogP contribution is 2.19. The zero-order valence-electron chi connectivity index (χ0n) is 16.3. The van der Waals surface area contributed by atoms with E-state index in [1.54, 1.807) is 24.3 Å². The summed E-state index contributed by atoms with van der Waals surface area (Å²) in [6.45, 7) is 3.98. The minimum absolute atomic E-state index is 0.145. The Hall–Kier alpha value is -3.48. The van der Waals surface area contributed by atoms with E-state index in [4.69, 9.17) is 0 Å². The van der Waals surface area contributed by atoms with Gasteiger partial charge in [0.05, 0.1) is 0 Å². The fourth-order valence-electron chi connectivity index (χ4n) is 3.19. The SMILES string of the molecule is CNC(=O)C(NC(=O)c1ccc(-n2c(C)ccc2C)cc1)c1ccc(F)c(F)c1. The van der Waals surface area contributed by atoms with E-state index >= 15 is 0 Å². The van der Waals surface area contributed by atoms with Gasteiger partial charge in [0.2, 0.25) is 5.91 Å². The van der Waals surface area contributed by atoms with Gasteiger partial charge < -0.3 is 15.2 Å². The molecule has 2 amide bonds. The van der Waals surface area contributed by atoms with E-state index < -0.39 is 29.5 Å². The zero-order chi connectivity index (χ0) is 21.1. The lowest BCUT2D eigenvalue weighted by Crippen LogP contribution is -2.39. The number of halogens is 2. The quantitative estimate of drug-likeness (QED) is 0.691. The van der Waals surface area contributed by atoms with Crippen LogP contribution in [-0.4, -0.2) is 23.4 Å². The van der Waals surface area contributed by atoms with Crippen LogP contribution in [0.5, 0.6) is 0 Å². The highest BCUT2D eigenvalue weighted by Gasteiger charge is 2.23. The van der Waals surface area contributed by atoms with Gasteiger partial charge >= 0.3 is 0 Å². The highest BCUT2D eigenvalue weighted by atomic mass is 19.2. The van der Waals surface area contributed by atoms with E-state index in [9.17, 15) is 18.4 Å². The van der Waals surface area contributed by atoms with E-state index in [1.165, 1.54) is 13.1 Å². The van der Waals surface area contributed by atoms with E-state index in [-0.39, 0.29) is 5.56 Å². The molecule has 0 fully saturated rings. The van der Waals surface area contributed by atoms with Crippen LogP contribution in [0.25, 0.3) is 5.69 Å². The maximum atomic E-state index is 13.6. The average molecular weight is 397 g/mol. The van der Waals surface area contributed by atoms with Crippen molar-refractivity contribution in [2.24, 2.45) is 0 Å². The van der Waals surface area contributed by atoms with Crippen molar-refractivity contribution in [3.05, 3.63) is 88.7 Å². The number of amides is 2. The summed E-state index contributed by atoms with van der Waals surface area (Å²) in [6.07, 6.45) is 0. The summed E-state index contributed by atoms with van der Waals surface area (Å²) in [5.41, 5.74) is 3.53. The Labute approximate surface area is 167 Å². The van der Waals surface area contributed by atoms with Crippen molar-refractivity contribution in [2.75, 3.05) is 7.05 Å². The van der Waals surface area contributed by atoms with Crippen molar-refractivity contribution in [1.29, 1.82) is 0 Å². The van der Waals surface area contributed by atoms with Crippen LogP contribution in [0, 0.1) is 25.5 Å². The van der Waals surface area contributed by atoms with Crippen LogP contribution in [0.2, 0.25) is 0 Å². The normalized spacial score (nSPS) is 11.8. The summed E-state index contributed by atoms with van der Waals surface area (Å²) in [7, 11) is 1.40. The van der Waals surface area contributed by atoms with E-state index in [1.807, 2.05) is 26.0 Å². The first-order valence-corrected chi connectivity index (χ1v) is 9.04. The molecule has 1 unspecified atom stereocenters. The number of rotatable bonds is 5. The lowest BCUT2D eigenvalue weighted by Gasteiger charge is -2.18. The van der Waals surface area contributed by atoms with Crippen LogP contribution in [0.15, 0.2) is 54.6 Å². The maximum Gasteiger partial charge on any atom is 0.252 e. The van der Waals surface area contributed by atoms with Crippen molar-refractivity contribution >= 4 is 11.8 Å². The molecular weight excluding hydrogens is 376 g/mol. The van der Waals surface area contributed by atoms with Gasteiger partial charge in [0.15, 0.2) is 11.6 Å². The Morgan fingerprint density at radius 1 is 0.897 bits per heavy atom. The summed E-state index contributed by atoms with van der Waals surface area (Å²) >= 11 is 0. The molecule has 150 valence electrons. The van der Waals surface area contributed by atoms with Crippen LogP contribution >= 0.6 is 0 Å². The number of hydrogen-bond acceptors (Lipinski definition) is 2. The Bertz CT molecular complexity index is 1040. The van der Waals surface area contributed by atoms with Crippen LogP contribution in [-0.2, 0) is 4.79 Å². The Morgan fingerprint density at radius 3 is 2.07 bits per heavy atom. The number of hydrogen-bond donors (Lipinski definition) is 2. The molecule has 0 radical (unpaired) electrons. The molecule has 3 aromatic rings. The molecule has 0 bridgehead atoms. The third kappa shape index (κ3) is 4.18. The molecule has 1 aromatic heterocycles. The zero-order valence-corrected chi connectivity index (χ0v) is 16.3. The summed E-state index contributed by atoms with van der Waals surface area (Å²) in [4.78, 5) is 24.9. The molecule has 1 heterocycles. The largest absolute Gasteiger partial charge is 0.357 e. The summed E-state index contributed by atoms with van der Waals surface area (Å²) in [5, 5.41) is 5.00. The van der Waals surface area contributed by atoms with Gasteiger partial charge in [-0.25, -0.2) is 8.78 Å². The minimum Gasteiger partial charge on any atom is -0.357 e.